The normalized spacial score (nSPS) is 11.1. The smallest absolute Gasteiger partial charge is 0.417 e. The Labute approximate surface area is 182 Å². The highest BCUT2D eigenvalue weighted by molar-refractivity contribution is 6.07. The zero-order chi connectivity index (χ0) is 24.3. The molecule has 2 aromatic carbocycles. The van der Waals surface area contributed by atoms with E-state index in [-0.39, 0.29) is 11.3 Å². The Bertz CT molecular complexity index is 1230. The largest absolute Gasteiger partial charge is 0.490 e. The number of nitrogens with two attached hydrogens (primary N) is 1. The van der Waals surface area contributed by atoms with E-state index in [0.717, 1.165) is 25.4 Å². The Balaban J connectivity index is 2.09. The Morgan fingerprint density at radius 1 is 1.09 bits per heavy atom. The molecule has 3 N–H and O–H groups in total. The molecular weight excluding hydrogens is 453 g/mol. The summed E-state index contributed by atoms with van der Waals surface area (Å²) < 4.78 is 78.3. The van der Waals surface area contributed by atoms with Gasteiger partial charge in [-0.2, -0.15) is 17.6 Å². The number of aromatic nitrogens is 1. The molecule has 1 heterocycles. The molecule has 0 aliphatic heterocycles. The van der Waals surface area contributed by atoms with Gasteiger partial charge in [0.05, 0.1) is 12.7 Å². The molecule has 7 nitrogen and oxygen atoms in total. The zero-order valence-corrected chi connectivity index (χ0v) is 16.7. The minimum Gasteiger partial charge on any atom is -0.490 e. The molecule has 0 aliphatic carbocycles. The summed E-state index contributed by atoms with van der Waals surface area (Å²) in [6.07, 6.45) is -4.27. The van der Waals surface area contributed by atoms with Gasteiger partial charge in [-0.25, -0.2) is 9.37 Å². The first-order valence-corrected chi connectivity index (χ1v) is 9.00. The lowest BCUT2D eigenvalue weighted by atomic mass is 10.1. The number of benzene rings is 2. The van der Waals surface area contributed by atoms with E-state index in [2.05, 4.69) is 10.3 Å². The molecule has 0 spiro atoms. The number of hydrogen-bond donors (Lipinski definition) is 2. The van der Waals surface area contributed by atoms with E-state index in [9.17, 15) is 31.5 Å². The van der Waals surface area contributed by atoms with Crippen molar-refractivity contribution in [3.05, 3.63) is 77.0 Å². The maximum atomic E-state index is 14.0. The van der Waals surface area contributed by atoms with Crippen LogP contribution in [0.4, 0.5) is 27.6 Å². The second-order valence-corrected chi connectivity index (χ2v) is 6.43. The monoisotopic (exact) mass is 467 g/mol. The van der Waals surface area contributed by atoms with Crippen molar-refractivity contribution in [2.75, 3.05) is 12.4 Å². The van der Waals surface area contributed by atoms with Crippen molar-refractivity contribution in [2.24, 2.45) is 5.73 Å². The number of anilines is 1. The number of hydrogen-bond acceptors (Lipinski definition) is 5. The molecule has 0 bridgehead atoms. The molecular formula is C21H14F5N3O4. The molecule has 0 saturated heterocycles. The van der Waals surface area contributed by atoms with Crippen LogP contribution in [0.25, 0.3) is 0 Å². The van der Waals surface area contributed by atoms with Gasteiger partial charge >= 0.3 is 6.18 Å². The van der Waals surface area contributed by atoms with E-state index >= 15 is 0 Å². The number of carbonyl (C=O) groups is 2. The summed E-state index contributed by atoms with van der Waals surface area (Å²) in [6.45, 7) is 0. The van der Waals surface area contributed by atoms with Crippen molar-refractivity contribution >= 4 is 17.5 Å². The molecule has 0 aliphatic rings. The van der Waals surface area contributed by atoms with Gasteiger partial charge in [0.15, 0.2) is 11.6 Å². The third-order valence-corrected chi connectivity index (χ3v) is 4.28. The van der Waals surface area contributed by atoms with E-state index in [4.69, 9.17) is 15.2 Å². The van der Waals surface area contributed by atoms with Crippen molar-refractivity contribution in [1.29, 1.82) is 0 Å². The quantitative estimate of drug-likeness (QED) is 0.519. The fourth-order valence-corrected chi connectivity index (χ4v) is 2.81. The maximum absolute atomic E-state index is 14.0. The molecule has 33 heavy (non-hydrogen) atoms. The summed E-state index contributed by atoms with van der Waals surface area (Å²) in [5.41, 5.74) is 2.68. The Hall–Kier alpha value is -4.22. The highest BCUT2D eigenvalue weighted by Crippen LogP contribution is 2.39. The van der Waals surface area contributed by atoms with Crippen LogP contribution in [0.5, 0.6) is 17.4 Å². The average molecular weight is 467 g/mol. The summed E-state index contributed by atoms with van der Waals surface area (Å²) in [4.78, 5) is 27.8. The number of primary amides is 1. The molecule has 0 fully saturated rings. The number of halogens is 5. The van der Waals surface area contributed by atoms with Crippen LogP contribution in [-0.4, -0.2) is 23.9 Å². The first-order valence-electron chi connectivity index (χ1n) is 9.00. The number of alkyl halides is 3. The summed E-state index contributed by atoms with van der Waals surface area (Å²) in [6, 6.07) is 7.27. The molecule has 172 valence electrons. The van der Waals surface area contributed by atoms with Crippen LogP contribution < -0.4 is 20.5 Å². The number of carbonyl (C=O) groups excluding carboxylic acids is 2. The van der Waals surface area contributed by atoms with Crippen molar-refractivity contribution in [3.8, 4) is 17.4 Å². The summed E-state index contributed by atoms with van der Waals surface area (Å²) in [5.74, 6) is -6.97. The van der Waals surface area contributed by atoms with Crippen LogP contribution in [0, 0.1) is 11.6 Å². The number of amides is 2. The molecule has 0 saturated carbocycles. The minimum absolute atomic E-state index is 0.00183. The lowest BCUT2D eigenvalue weighted by molar-refractivity contribution is -0.138. The predicted molar refractivity (Wildman–Crippen MR) is 105 cm³/mol. The van der Waals surface area contributed by atoms with Gasteiger partial charge in [0.2, 0.25) is 23.4 Å². The average Bonchev–Trinajstić information content (AvgIpc) is 2.76. The number of ether oxygens (including phenoxy) is 2. The Morgan fingerprint density at radius 2 is 1.82 bits per heavy atom. The number of methoxy groups -OCH3 is 1. The Morgan fingerprint density at radius 3 is 2.45 bits per heavy atom. The summed E-state index contributed by atoms with van der Waals surface area (Å²) >= 11 is 0. The number of rotatable bonds is 6. The second-order valence-electron chi connectivity index (χ2n) is 6.43. The van der Waals surface area contributed by atoms with Gasteiger partial charge in [0.25, 0.3) is 5.91 Å². The Kier molecular flexibility index (Phi) is 6.47. The third-order valence-electron chi connectivity index (χ3n) is 4.28. The van der Waals surface area contributed by atoms with E-state index in [1.807, 2.05) is 0 Å². The van der Waals surface area contributed by atoms with Gasteiger partial charge in [-0.3, -0.25) is 9.59 Å². The highest BCUT2D eigenvalue weighted by atomic mass is 19.4. The first kappa shape index (κ1) is 23.4. The molecule has 3 aromatic rings. The predicted octanol–water partition coefficient (Wildman–Crippen LogP) is 4.53. The van der Waals surface area contributed by atoms with Crippen molar-refractivity contribution in [1.82, 2.24) is 4.98 Å². The van der Waals surface area contributed by atoms with Crippen LogP contribution >= 0.6 is 0 Å². The zero-order valence-electron chi connectivity index (χ0n) is 16.7. The van der Waals surface area contributed by atoms with Crippen molar-refractivity contribution < 1.29 is 41.0 Å². The summed E-state index contributed by atoms with van der Waals surface area (Å²) in [5, 5.41) is 2.21. The van der Waals surface area contributed by atoms with Crippen LogP contribution in [-0.2, 0) is 6.18 Å². The molecule has 2 amide bonds. The number of nitrogens with one attached hydrogen (secondary N) is 1. The van der Waals surface area contributed by atoms with Gasteiger partial charge in [0, 0.05) is 17.4 Å². The van der Waals surface area contributed by atoms with Gasteiger partial charge in [0.1, 0.15) is 5.56 Å². The molecule has 0 atom stereocenters. The standard InChI is InChI=1S/C21H14F5N3O4/c1-32-17-14(6-5-13(22)16(17)23)33-20-15(12(7-8-28-20)21(24,25)26)19(31)29-11-4-2-3-10(9-11)18(27)30/h2-9H,1H3,(H2,27,30)(H,29,31). The second kappa shape index (κ2) is 9.10. The van der Waals surface area contributed by atoms with Crippen molar-refractivity contribution in [2.45, 2.75) is 6.18 Å². The van der Waals surface area contributed by atoms with Gasteiger partial charge < -0.3 is 20.5 Å². The SMILES string of the molecule is COc1c(Oc2nccc(C(F)(F)F)c2C(=O)Nc2cccc(C(N)=O)c2)ccc(F)c1F. The van der Waals surface area contributed by atoms with E-state index in [1.165, 1.54) is 18.2 Å². The van der Waals surface area contributed by atoms with Crippen LogP contribution in [0.1, 0.15) is 26.3 Å². The fraction of sp³-hybridized carbons (Fsp3) is 0.0952. The third kappa shape index (κ3) is 5.00. The molecule has 0 unspecified atom stereocenters. The highest BCUT2D eigenvalue weighted by Gasteiger charge is 2.38. The van der Waals surface area contributed by atoms with E-state index < -0.39 is 58.1 Å². The van der Waals surface area contributed by atoms with Crippen LogP contribution in [0.2, 0.25) is 0 Å². The minimum atomic E-state index is -5.00. The summed E-state index contributed by atoms with van der Waals surface area (Å²) in [7, 11) is 0.990. The van der Waals surface area contributed by atoms with E-state index in [0.29, 0.717) is 12.1 Å². The lowest BCUT2D eigenvalue weighted by Gasteiger charge is -2.17. The van der Waals surface area contributed by atoms with Crippen LogP contribution in [0.15, 0.2) is 48.7 Å². The first-order chi connectivity index (χ1) is 15.5. The van der Waals surface area contributed by atoms with Gasteiger partial charge in [-0.1, -0.05) is 6.07 Å². The molecule has 12 heteroatoms. The van der Waals surface area contributed by atoms with E-state index in [1.54, 1.807) is 0 Å². The maximum Gasteiger partial charge on any atom is 0.417 e. The fourth-order valence-electron chi connectivity index (χ4n) is 2.81. The van der Waals surface area contributed by atoms with Crippen molar-refractivity contribution in [3.63, 3.8) is 0 Å². The number of nitrogens with zero attached hydrogens (tertiary/aromatic N) is 1. The van der Waals surface area contributed by atoms with Gasteiger partial charge in [-0.05, 0) is 36.4 Å². The van der Waals surface area contributed by atoms with Gasteiger partial charge in [-0.15, -0.1) is 0 Å². The number of pyridine rings is 1. The molecule has 3 rings (SSSR count). The topological polar surface area (TPSA) is 104 Å². The van der Waals surface area contributed by atoms with Crippen LogP contribution in [0.3, 0.4) is 0 Å². The molecule has 0 radical (unpaired) electrons. The lowest BCUT2D eigenvalue weighted by Crippen LogP contribution is -2.21. The molecule has 1 aromatic heterocycles.